The Kier molecular flexibility index (Phi) is 9.99. The van der Waals surface area contributed by atoms with Crippen molar-refractivity contribution in [2.45, 2.75) is 82.7 Å². The molecular formula is C31H41F2N3O4. The van der Waals surface area contributed by atoms with E-state index < -0.39 is 24.0 Å². The molecule has 2 N–H and O–H groups in total. The molecule has 0 aliphatic carbocycles. The lowest BCUT2D eigenvalue weighted by Gasteiger charge is -2.28. The molecule has 218 valence electrons. The van der Waals surface area contributed by atoms with Crippen LogP contribution in [0.4, 0.5) is 14.6 Å². The molecule has 0 bridgehead atoms. The van der Waals surface area contributed by atoms with Gasteiger partial charge in [-0.2, -0.15) is 0 Å². The van der Waals surface area contributed by atoms with Crippen molar-refractivity contribution < 1.29 is 28.2 Å². The molecule has 2 fully saturated rings. The molecular weight excluding hydrogens is 516 g/mol. The van der Waals surface area contributed by atoms with Crippen LogP contribution in [0.1, 0.15) is 73.4 Å². The Balaban J connectivity index is 1.14. The van der Waals surface area contributed by atoms with E-state index >= 15 is 4.39 Å². The standard InChI is InChI=1S/C31H41F2N3O4/c32-24-9-7-23(20-40-26-12-16-39-17-13-26)27(18-24)29(31(37)38)36-15-11-22(19-36)28(33)6-2-1-5-25-10-8-21-4-3-14-34-30(21)35-25/h7-10,18,22,26,28-29H,1-6,11-17,19-20H2,(H,34,35)(H,37,38). The average molecular weight is 558 g/mol. The summed E-state index contributed by atoms with van der Waals surface area (Å²) < 4.78 is 41.0. The number of ether oxygens (including phenoxy) is 2. The van der Waals surface area contributed by atoms with Crippen molar-refractivity contribution in [3.8, 4) is 0 Å². The summed E-state index contributed by atoms with van der Waals surface area (Å²) >= 11 is 0. The molecule has 3 atom stereocenters. The summed E-state index contributed by atoms with van der Waals surface area (Å²) in [6, 6.07) is 7.44. The molecule has 0 spiro atoms. The van der Waals surface area contributed by atoms with Crippen LogP contribution in [0.2, 0.25) is 0 Å². The number of aliphatic carboxylic acids is 1. The van der Waals surface area contributed by atoms with Gasteiger partial charge in [-0.05, 0) is 92.8 Å². The number of fused-ring (bicyclic) bond motifs is 1. The molecule has 1 aromatic heterocycles. The number of hydrogen-bond donors (Lipinski definition) is 2. The number of anilines is 1. The molecule has 7 nitrogen and oxygen atoms in total. The summed E-state index contributed by atoms with van der Waals surface area (Å²) in [7, 11) is 0. The van der Waals surface area contributed by atoms with Gasteiger partial charge in [-0.15, -0.1) is 0 Å². The Hall–Kier alpha value is -2.62. The molecule has 1 aromatic carbocycles. The predicted molar refractivity (Wildman–Crippen MR) is 149 cm³/mol. The van der Waals surface area contributed by atoms with E-state index in [9.17, 15) is 14.3 Å². The van der Waals surface area contributed by atoms with Crippen molar-refractivity contribution in [1.82, 2.24) is 9.88 Å². The van der Waals surface area contributed by atoms with Crippen molar-refractivity contribution in [3.05, 3.63) is 58.5 Å². The first-order valence-electron chi connectivity index (χ1n) is 14.8. The van der Waals surface area contributed by atoms with E-state index in [2.05, 4.69) is 17.4 Å². The molecule has 2 aromatic rings. The number of likely N-dealkylation sites (tertiary alicyclic amines) is 1. The highest BCUT2D eigenvalue weighted by Gasteiger charge is 2.37. The molecule has 40 heavy (non-hydrogen) atoms. The minimum atomic E-state index is -1.05. The fourth-order valence-corrected chi connectivity index (χ4v) is 6.22. The van der Waals surface area contributed by atoms with Crippen LogP contribution in [-0.4, -0.2) is 66.1 Å². The van der Waals surface area contributed by atoms with E-state index in [4.69, 9.17) is 14.5 Å². The quantitative estimate of drug-likeness (QED) is 0.335. The third-order valence-corrected chi connectivity index (χ3v) is 8.53. The Morgan fingerprint density at radius 1 is 1.20 bits per heavy atom. The van der Waals surface area contributed by atoms with Gasteiger partial charge in [0.05, 0.1) is 12.7 Å². The van der Waals surface area contributed by atoms with Gasteiger partial charge in [-0.3, -0.25) is 9.69 Å². The minimum Gasteiger partial charge on any atom is -0.480 e. The largest absolute Gasteiger partial charge is 0.480 e. The molecule has 3 aliphatic rings. The maximum Gasteiger partial charge on any atom is 0.325 e. The lowest BCUT2D eigenvalue weighted by Crippen LogP contribution is -2.34. The van der Waals surface area contributed by atoms with Gasteiger partial charge in [0, 0.05) is 37.9 Å². The van der Waals surface area contributed by atoms with Crippen LogP contribution in [0.3, 0.4) is 0 Å². The lowest BCUT2D eigenvalue weighted by molar-refractivity contribution is -0.143. The Morgan fingerprint density at radius 3 is 2.88 bits per heavy atom. The van der Waals surface area contributed by atoms with Crippen LogP contribution >= 0.6 is 0 Å². The zero-order valence-electron chi connectivity index (χ0n) is 23.1. The third kappa shape index (κ3) is 7.36. The van der Waals surface area contributed by atoms with Crippen molar-refractivity contribution >= 4 is 11.8 Å². The predicted octanol–water partition coefficient (Wildman–Crippen LogP) is 5.47. The fourth-order valence-electron chi connectivity index (χ4n) is 6.22. The van der Waals surface area contributed by atoms with Crippen molar-refractivity contribution in [2.75, 3.05) is 38.2 Å². The topological polar surface area (TPSA) is 83.9 Å². The van der Waals surface area contributed by atoms with E-state index in [-0.39, 0.29) is 18.6 Å². The van der Waals surface area contributed by atoms with E-state index in [0.717, 1.165) is 63.0 Å². The van der Waals surface area contributed by atoms with Gasteiger partial charge in [0.2, 0.25) is 0 Å². The molecule has 3 unspecified atom stereocenters. The van der Waals surface area contributed by atoms with E-state index in [1.807, 2.05) is 0 Å². The Bertz CT molecular complexity index is 1140. The first-order chi connectivity index (χ1) is 19.5. The number of alkyl halides is 1. The number of unbranched alkanes of at least 4 members (excludes halogenated alkanes) is 1. The number of carboxylic acid groups (broad SMARTS) is 1. The molecule has 9 heteroatoms. The van der Waals surface area contributed by atoms with Crippen LogP contribution in [0.15, 0.2) is 30.3 Å². The van der Waals surface area contributed by atoms with Gasteiger partial charge in [0.25, 0.3) is 0 Å². The zero-order chi connectivity index (χ0) is 27.9. The fraction of sp³-hybridized carbons (Fsp3) is 0.613. The smallest absolute Gasteiger partial charge is 0.325 e. The van der Waals surface area contributed by atoms with E-state index in [0.29, 0.717) is 50.3 Å². The van der Waals surface area contributed by atoms with Gasteiger partial charge >= 0.3 is 5.97 Å². The number of carbonyl (C=O) groups is 1. The second-order valence-corrected chi connectivity index (χ2v) is 11.4. The highest BCUT2D eigenvalue weighted by molar-refractivity contribution is 5.76. The van der Waals surface area contributed by atoms with E-state index in [1.165, 1.54) is 17.7 Å². The van der Waals surface area contributed by atoms with Crippen LogP contribution in [0.25, 0.3) is 0 Å². The number of pyridine rings is 1. The molecule has 3 aliphatic heterocycles. The molecule has 0 saturated carbocycles. The first kappa shape index (κ1) is 28.9. The Morgan fingerprint density at radius 2 is 2.05 bits per heavy atom. The summed E-state index contributed by atoms with van der Waals surface area (Å²) in [5.74, 6) is -0.786. The summed E-state index contributed by atoms with van der Waals surface area (Å²) in [6.45, 7) is 3.25. The lowest BCUT2D eigenvalue weighted by atomic mass is 9.96. The van der Waals surface area contributed by atoms with Gasteiger partial charge < -0.3 is 19.9 Å². The normalized spacial score (nSPS) is 21.5. The van der Waals surface area contributed by atoms with Gasteiger partial charge in [-0.25, -0.2) is 13.8 Å². The van der Waals surface area contributed by atoms with Crippen LogP contribution in [0, 0.1) is 11.7 Å². The number of nitrogens with zero attached hydrogens (tertiary/aromatic N) is 2. The number of rotatable bonds is 12. The summed E-state index contributed by atoms with van der Waals surface area (Å²) in [5.41, 5.74) is 3.35. The number of benzene rings is 1. The number of aromatic nitrogens is 1. The number of halogens is 2. The van der Waals surface area contributed by atoms with Gasteiger partial charge in [0.1, 0.15) is 23.8 Å². The van der Waals surface area contributed by atoms with Crippen LogP contribution in [0.5, 0.6) is 0 Å². The van der Waals surface area contributed by atoms with Gasteiger partial charge in [-0.1, -0.05) is 18.6 Å². The van der Waals surface area contributed by atoms with Gasteiger partial charge in [0.15, 0.2) is 0 Å². The van der Waals surface area contributed by atoms with Crippen LogP contribution < -0.4 is 5.32 Å². The number of aryl methyl sites for hydroxylation is 2. The zero-order valence-corrected chi connectivity index (χ0v) is 23.1. The monoisotopic (exact) mass is 557 g/mol. The second-order valence-electron chi connectivity index (χ2n) is 11.4. The van der Waals surface area contributed by atoms with Crippen molar-refractivity contribution in [2.24, 2.45) is 5.92 Å². The average Bonchev–Trinajstić information content (AvgIpc) is 3.45. The molecule has 0 radical (unpaired) electrons. The second kappa shape index (κ2) is 13.8. The molecule has 4 heterocycles. The number of carboxylic acids is 1. The summed E-state index contributed by atoms with van der Waals surface area (Å²) in [6.07, 6.45) is 6.27. The SMILES string of the molecule is O=C(O)C(c1cc(F)ccc1COC1CCOCC1)N1CCC(C(F)CCCCc2ccc3c(n2)NCCC3)C1. The number of hydrogen-bond acceptors (Lipinski definition) is 6. The summed E-state index contributed by atoms with van der Waals surface area (Å²) in [4.78, 5) is 19.0. The third-order valence-electron chi connectivity index (χ3n) is 8.53. The maximum atomic E-state index is 15.3. The van der Waals surface area contributed by atoms with Crippen molar-refractivity contribution in [3.63, 3.8) is 0 Å². The maximum absolute atomic E-state index is 15.3. The number of nitrogens with one attached hydrogen (secondary N) is 1. The molecule has 2 saturated heterocycles. The highest BCUT2D eigenvalue weighted by atomic mass is 19.1. The highest BCUT2D eigenvalue weighted by Crippen LogP contribution is 2.34. The summed E-state index contributed by atoms with van der Waals surface area (Å²) in [5, 5.41) is 13.5. The molecule has 5 rings (SSSR count). The van der Waals surface area contributed by atoms with Crippen LogP contribution in [-0.2, 0) is 33.7 Å². The molecule has 0 amide bonds. The Labute approximate surface area is 235 Å². The van der Waals surface area contributed by atoms with E-state index in [1.54, 1.807) is 11.0 Å². The minimum absolute atomic E-state index is 0.0399. The first-order valence-corrected chi connectivity index (χ1v) is 14.8. The van der Waals surface area contributed by atoms with Crippen molar-refractivity contribution in [1.29, 1.82) is 0 Å².